The number of fused-ring (bicyclic) bond motifs is 1. The summed E-state index contributed by atoms with van der Waals surface area (Å²) in [5.41, 5.74) is 7.64. The van der Waals surface area contributed by atoms with E-state index in [4.69, 9.17) is 5.11 Å². The summed E-state index contributed by atoms with van der Waals surface area (Å²) in [4.78, 5) is 12.4. The molecule has 3 aliphatic heterocycles. The SMILES string of the molecule is O=C(O)N1CCC2(CC1)CC1CNNC1=CN2. The van der Waals surface area contributed by atoms with E-state index in [0.717, 1.165) is 25.8 Å². The number of rotatable bonds is 0. The Morgan fingerprint density at radius 1 is 1.47 bits per heavy atom. The fraction of sp³-hybridized carbons (Fsp3) is 0.727. The predicted octanol–water partition coefficient (Wildman–Crippen LogP) is 0.0577. The van der Waals surface area contributed by atoms with Crippen LogP contribution in [0.3, 0.4) is 0 Å². The molecule has 17 heavy (non-hydrogen) atoms. The molecule has 3 aliphatic rings. The van der Waals surface area contributed by atoms with E-state index in [0.29, 0.717) is 19.0 Å². The van der Waals surface area contributed by atoms with E-state index < -0.39 is 6.09 Å². The summed E-state index contributed by atoms with van der Waals surface area (Å²) in [6.07, 6.45) is 4.16. The van der Waals surface area contributed by atoms with Gasteiger partial charge in [-0.25, -0.2) is 10.2 Å². The van der Waals surface area contributed by atoms with Crippen LogP contribution in [0.25, 0.3) is 0 Å². The number of hydrogen-bond donors (Lipinski definition) is 4. The van der Waals surface area contributed by atoms with E-state index in [2.05, 4.69) is 22.4 Å². The number of nitrogens with one attached hydrogen (secondary N) is 3. The zero-order chi connectivity index (χ0) is 11.9. The maximum absolute atomic E-state index is 10.9. The van der Waals surface area contributed by atoms with Crippen LogP contribution in [-0.2, 0) is 0 Å². The lowest BCUT2D eigenvalue weighted by atomic mass is 9.77. The molecule has 0 saturated carbocycles. The summed E-state index contributed by atoms with van der Waals surface area (Å²) < 4.78 is 0. The lowest BCUT2D eigenvalue weighted by Crippen LogP contribution is -2.55. The van der Waals surface area contributed by atoms with Crippen molar-refractivity contribution >= 4 is 6.09 Å². The van der Waals surface area contributed by atoms with Crippen molar-refractivity contribution in [2.45, 2.75) is 24.8 Å². The van der Waals surface area contributed by atoms with Crippen LogP contribution in [0.2, 0.25) is 0 Å². The maximum Gasteiger partial charge on any atom is 0.407 e. The second kappa shape index (κ2) is 3.80. The monoisotopic (exact) mass is 238 g/mol. The molecule has 0 aromatic rings. The zero-order valence-corrected chi connectivity index (χ0v) is 9.70. The van der Waals surface area contributed by atoms with Crippen molar-refractivity contribution in [1.29, 1.82) is 0 Å². The third-order valence-electron chi connectivity index (χ3n) is 4.18. The van der Waals surface area contributed by atoms with Crippen molar-refractivity contribution < 1.29 is 9.90 Å². The lowest BCUT2D eigenvalue weighted by molar-refractivity contribution is 0.102. The lowest BCUT2D eigenvalue weighted by Gasteiger charge is -2.44. The molecular weight excluding hydrogens is 220 g/mol. The van der Waals surface area contributed by atoms with Crippen molar-refractivity contribution in [2.24, 2.45) is 5.92 Å². The number of nitrogens with zero attached hydrogens (tertiary/aromatic N) is 1. The van der Waals surface area contributed by atoms with Gasteiger partial charge in [0.15, 0.2) is 0 Å². The molecule has 2 saturated heterocycles. The Morgan fingerprint density at radius 2 is 2.24 bits per heavy atom. The fourth-order valence-corrected chi connectivity index (χ4v) is 3.06. The Hall–Kier alpha value is -1.43. The first-order valence-corrected chi connectivity index (χ1v) is 6.13. The van der Waals surface area contributed by atoms with E-state index in [-0.39, 0.29) is 5.54 Å². The topological polar surface area (TPSA) is 76.6 Å². The largest absolute Gasteiger partial charge is 0.465 e. The molecule has 0 radical (unpaired) electrons. The normalized spacial score (nSPS) is 30.2. The van der Waals surface area contributed by atoms with Crippen LogP contribution in [0.5, 0.6) is 0 Å². The van der Waals surface area contributed by atoms with Gasteiger partial charge in [0, 0.05) is 43.0 Å². The molecule has 6 heteroatoms. The highest BCUT2D eigenvalue weighted by molar-refractivity contribution is 5.65. The highest BCUT2D eigenvalue weighted by Gasteiger charge is 2.41. The van der Waals surface area contributed by atoms with Crippen LogP contribution in [0.15, 0.2) is 11.9 Å². The van der Waals surface area contributed by atoms with Crippen molar-refractivity contribution in [2.75, 3.05) is 19.6 Å². The van der Waals surface area contributed by atoms with Gasteiger partial charge in [-0.15, -0.1) is 0 Å². The smallest absolute Gasteiger partial charge is 0.407 e. The molecule has 0 aliphatic carbocycles. The molecule has 0 aromatic heterocycles. The van der Waals surface area contributed by atoms with Crippen molar-refractivity contribution in [3.8, 4) is 0 Å². The molecule has 3 heterocycles. The van der Waals surface area contributed by atoms with E-state index in [1.807, 2.05) is 0 Å². The number of likely N-dealkylation sites (tertiary alicyclic amines) is 1. The van der Waals surface area contributed by atoms with Crippen LogP contribution < -0.4 is 16.2 Å². The second-order valence-corrected chi connectivity index (χ2v) is 5.20. The molecular formula is C11H18N4O2. The van der Waals surface area contributed by atoms with Gasteiger partial charge in [0.1, 0.15) is 0 Å². The van der Waals surface area contributed by atoms with Gasteiger partial charge in [-0.2, -0.15) is 0 Å². The van der Waals surface area contributed by atoms with Crippen LogP contribution in [0.4, 0.5) is 4.79 Å². The molecule has 2 fully saturated rings. The minimum Gasteiger partial charge on any atom is -0.465 e. The summed E-state index contributed by atoms with van der Waals surface area (Å²) in [7, 11) is 0. The van der Waals surface area contributed by atoms with Crippen molar-refractivity contribution in [3.05, 3.63) is 11.9 Å². The van der Waals surface area contributed by atoms with Gasteiger partial charge < -0.3 is 20.7 Å². The number of piperidine rings is 1. The van der Waals surface area contributed by atoms with Gasteiger partial charge in [0.2, 0.25) is 0 Å². The Kier molecular flexibility index (Phi) is 2.39. The van der Waals surface area contributed by atoms with E-state index >= 15 is 0 Å². The summed E-state index contributed by atoms with van der Waals surface area (Å²) in [5, 5.41) is 12.4. The molecule has 1 amide bonds. The van der Waals surface area contributed by atoms with E-state index in [9.17, 15) is 4.79 Å². The van der Waals surface area contributed by atoms with Crippen molar-refractivity contribution in [1.82, 2.24) is 21.1 Å². The Morgan fingerprint density at radius 3 is 2.94 bits per heavy atom. The summed E-state index contributed by atoms with van der Waals surface area (Å²) >= 11 is 0. The molecule has 1 atom stereocenters. The molecule has 0 aromatic carbocycles. The highest BCUT2D eigenvalue weighted by atomic mass is 16.4. The van der Waals surface area contributed by atoms with Gasteiger partial charge in [-0.05, 0) is 19.3 Å². The minimum atomic E-state index is -0.795. The molecule has 1 spiro atoms. The molecule has 6 nitrogen and oxygen atoms in total. The van der Waals surface area contributed by atoms with Gasteiger partial charge in [0.25, 0.3) is 0 Å². The third kappa shape index (κ3) is 1.82. The average Bonchev–Trinajstić information content (AvgIpc) is 2.76. The Labute approximate surface area is 100 Å². The van der Waals surface area contributed by atoms with Crippen LogP contribution >= 0.6 is 0 Å². The Bertz CT molecular complexity index is 360. The minimum absolute atomic E-state index is 0.105. The van der Waals surface area contributed by atoms with Gasteiger partial charge >= 0.3 is 6.09 Å². The first-order valence-electron chi connectivity index (χ1n) is 6.13. The molecule has 94 valence electrons. The van der Waals surface area contributed by atoms with Crippen LogP contribution in [0.1, 0.15) is 19.3 Å². The van der Waals surface area contributed by atoms with Crippen LogP contribution in [0, 0.1) is 5.92 Å². The zero-order valence-electron chi connectivity index (χ0n) is 9.70. The number of hydrazine groups is 1. The summed E-state index contributed by atoms with van der Waals surface area (Å²) in [6.45, 7) is 2.25. The molecule has 1 unspecified atom stereocenters. The maximum atomic E-state index is 10.9. The first-order chi connectivity index (χ1) is 8.19. The predicted molar refractivity (Wildman–Crippen MR) is 62.0 cm³/mol. The molecule has 3 rings (SSSR count). The first kappa shape index (κ1) is 10.7. The number of carbonyl (C=O) groups is 1. The Balaban J connectivity index is 1.68. The quantitative estimate of drug-likeness (QED) is 0.480. The summed E-state index contributed by atoms with van der Waals surface area (Å²) in [6, 6.07) is 0. The van der Waals surface area contributed by atoms with E-state index in [1.54, 1.807) is 0 Å². The standard InChI is InChI=1S/C11H18N4O2/c16-10(17)15-3-1-11(2-4-15)5-8-6-13-14-9(8)7-12-11/h7-8,12-14H,1-6H2,(H,16,17). The van der Waals surface area contributed by atoms with Crippen molar-refractivity contribution in [3.63, 3.8) is 0 Å². The van der Waals surface area contributed by atoms with Gasteiger partial charge in [-0.1, -0.05) is 0 Å². The third-order valence-corrected chi connectivity index (χ3v) is 4.18. The van der Waals surface area contributed by atoms with Gasteiger partial charge in [-0.3, -0.25) is 0 Å². The van der Waals surface area contributed by atoms with Crippen LogP contribution in [-0.4, -0.2) is 41.3 Å². The molecule has 0 bridgehead atoms. The number of amides is 1. The number of hydrogen-bond acceptors (Lipinski definition) is 4. The summed E-state index contributed by atoms with van der Waals surface area (Å²) in [5.74, 6) is 0.549. The average molecular weight is 238 g/mol. The highest BCUT2D eigenvalue weighted by Crippen LogP contribution is 2.35. The molecule has 4 N–H and O–H groups in total. The second-order valence-electron chi connectivity index (χ2n) is 5.20. The number of carboxylic acid groups (broad SMARTS) is 1. The fourth-order valence-electron chi connectivity index (χ4n) is 3.06. The van der Waals surface area contributed by atoms with Gasteiger partial charge in [0.05, 0.1) is 0 Å². The van der Waals surface area contributed by atoms with E-state index in [1.165, 1.54) is 10.6 Å².